The number of hydrogen-bond acceptors (Lipinski definition) is 3. The molecule has 0 aliphatic rings. The molecule has 0 radical (unpaired) electrons. The van der Waals surface area contributed by atoms with Crippen molar-refractivity contribution >= 4 is 27.5 Å². The smallest absolute Gasteiger partial charge is 0.259 e. The molecule has 3 rings (SSSR count). The quantitative estimate of drug-likeness (QED) is 0.303. The van der Waals surface area contributed by atoms with Gasteiger partial charge in [-0.3, -0.25) is 4.79 Å². The number of unbranched alkanes of at least 4 members (excludes halogenated alkanes) is 1. The molecule has 5 heteroatoms. The van der Waals surface area contributed by atoms with E-state index in [1.165, 1.54) is 5.56 Å². The van der Waals surface area contributed by atoms with Crippen LogP contribution in [-0.4, -0.2) is 19.1 Å². The molecule has 0 unspecified atom stereocenters. The van der Waals surface area contributed by atoms with Crippen LogP contribution in [-0.2, 0) is 6.42 Å². The molecular formula is C26H28BrNO3. The SMILES string of the molecule is CCCCOc1ccc(Br)cc1C(=O)Nc1ccc(OCCCc2ccccc2)cc1. The summed E-state index contributed by atoms with van der Waals surface area (Å²) in [5, 5.41) is 2.94. The van der Waals surface area contributed by atoms with Crippen LogP contribution in [0.5, 0.6) is 11.5 Å². The topological polar surface area (TPSA) is 47.6 Å². The van der Waals surface area contributed by atoms with E-state index in [1.807, 2.05) is 42.5 Å². The fourth-order valence-electron chi connectivity index (χ4n) is 3.08. The van der Waals surface area contributed by atoms with Gasteiger partial charge in [-0.05, 0) is 67.3 Å². The van der Waals surface area contributed by atoms with Crippen molar-refractivity contribution < 1.29 is 14.3 Å². The first-order valence-corrected chi connectivity index (χ1v) is 11.5. The van der Waals surface area contributed by atoms with Crippen LogP contribution < -0.4 is 14.8 Å². The van der Waals surface area contributed by atoms with Crippen LogP contribution in [0.3, 0.4) is 0 Å². The summed E-state index contributed by atoms with van der Waals surface area (Å²) in [6.07, 6.45) is 3.93. The van der Waals surface area contributed by atoms with Crippen molar-refractivity contribution in [3.63, 3.8) is 0 Å². The summed E-state index contributed by atoms with van der Waals surface area (Å²) in [7, 11) is 0. The van der Waals surface area contributed by atoms with Crippen molar-refractivity contribution in [2.45, 2.75) is 32.6 Å². The Bertz CT molecular complexity index is 958. The summed E-state index contributed by atoms with van der Waals surface area (Å²) in [5.41, 5.74) is 2.53. The predicted molar refractivity (Wildman–Crippen MR) is 129 cm³/mol. The molecule has 0 bridgehead atoms. The maximum Gasteiger partial charge on any atom is 0.259 e. The van der Waals surface area contributed by atoms with Crippen LogP contribution in [0.1, 0.15) is 42.1 Å². The molecule has 0 fully saturated rings. The van der Waals surface area contributed by atoms with Gasteiger partial charge >= 0.3 is 0 Å². The highest BCUT2D eigenvalue weighted by Crippen LogP contribution is 2.25. The highest BCUT2D eigenvalue weighted by molar-refractivity contribution is 9.10. The number of halogens is 1. The highest BCUT2D eigenvalue weighted by atomic mass is 79.9. The second kappa shape index (κ2) is 12.2. The second-order valence-electron chi connectivity index (χ2n) is 7.26. The number of anilines is 1. The molecule has 0 atom stereocenters. The van der Waals surface area contributed by atoms with Crippen molar-refractivity contribution in [2.75, 3.05) is 18.5 Å². The molecule has 4 nitrogen and oxygen atoms in total. The van der Waals surface area contributed by atoms with Gasteiger partial charge in [-0.1, -0.05) is 59.6 Å². The van der Waals surface area contributed by atoms with Crippen LogP contribution in [0.2, 0.25) is 0 Å². The lowest BCUT2D eigenvalue weighted by atomic mass is 10.1. The van der Waals surface area contributed by atoms with Gasteiger partial charge in [-0.15, -0.1) is 0 Å². The average molecular weight is 482 g/mol. The largest absolute Gasteiger partial charge is 0.494 e. The monoisotopic (exact) mass is 481 g/mol. The van der Waals surface area contributed by atoms with Crippen LogP contribution >= 0.6 is 15.9 Å². The van der Waals surface area contributed by atoms with E-state index in [0.29, 0.717) is 30.2 Å². The lowest BCUT2D eigenvalue weighted by Gasteiger charge is -2.13. The molecule has 1 N–H and O–H groups in total. The first-order valence-electron chi connectivity index (χ1n) is 10.7. The van der Waals surface area contributed by atoms with E-state index < -0.39 is 0 Å². The minimum Gasteiger partial charge on any atom is -0.494 e. The molecule has 0 spiro atoms. The molecule has 0 heterocycles. The van der Waals surface area contributed by atoms with E-state index in [1.54, 1.807) is 6.07 Å². The van der Waals surface area contributed by atoms with Gasteiger partial charge in [0, 0.05) is 10.2 Å². The van der Waals surface area contributed by atoms with Crippen LogP contribution in [0.15, 0.2) is 77.3 Å². The molecule has 3 aromatic rings. The average Bonchev–Trinajstić information content (AvgIpc) is 2.79. The zero-order valence-electron chi connectivity index (χ0n) is 17.8. The number of rotatable bonds is 11. The lowest BCUT2D eigenvalue weighted by molar-refractivity contribution is 0.102. The first kappa shape index (κ1) is 22.9. The Morgan fingerprint density at radius 3 is 2.39 bits per heavy atom. The number of aryl methyl sites for hydroxylation is 1. The summed E-state index contributed by atoms with van der Waals surface area (Å²) in [5.74, 6) is 1.17. The van der Waals surface area contributed by atoms with Gasteiger partial charge in [0.15, 0.2) is 0 Å². The Balaban J connectivity index is 1.52. The van der Waals surface area contributed by atoms with Crippen LogP contribution in [0, 0.1) is 0 Å². The summed E-state index contributed by atoms with van der Waals surface area (Å²) >= 11 is 3.43. The predicted octanol–water partition coefficient (Wildman–Crippen LogP) is 6.89. The van der Waals surface area contributed by atoms with Gasteiger partial charge in [0.2, 0.25) is 0 Å². The Morgan fingerprint density at radius 1 is 0.903 bits per heavy atom. The van der Waals surface area contributed by atoms with Gasteiger partial charge in [0.05, 0.1) is 18.8 Å². The third kappa shape index (κ3) is 7.44. The van der Waals surface area contributed by atoms with Gasteiger partial charge in [-0.2, -0.15) is 0 Å². The summed E-state index contributed by atoms with van der Waals surface area (Å²) < 4.78 is 12.5. The molecule has 3 aromatic carbocycles. The van der Waals surface area contributed by atoms with Crippen molar-refractivity contribution in [3.05, 3.63) is 88.4 Å². The number of carbonyl (C=O) groups excluding carboxylic acids is 1. The van der Waals surface area contributed by atoms with Gasteiger partial charge in [0.25, 0.3) is 5.91 Å². The maximum absolute atomic E-state index is 12.8. The van der Waals surface area contributed by atoms with Crippen LogP contribution in [0.4, 0.5) is 5.69 Å². The number of nitrogens with one attached hydrogen (secondary N) is 1. The number of ether oxygens (including phenoxy) is 2. The van der Waals surface area contributed by atoms with Gasteiger partial charge in [-0.25, -0.2) is 0 Å². The van der Waals surface area contributed by atoms with E-state index in [0.717, 1.165) is 35.9 Å². The van der Waals surface area contributed by atoms with E-state index >= 15 is 0 Å². The lowest BCUT2D eigenvalue weighted by Crippen LogP contribution is -2.14. The molecule has 1 amide bonds. The Labute approximate surface area is 192 Å². The van der Waals surface area contributed by atoms with E-state index in [-0.39, 0.29) is 5.91 Å². The Morgan fingerprint density at radius 2 is 1.65 bits per heavy atom. The van der Waals surface area contributed by atoms with Gasteiger partial charge in [0.1, 0.15) is 11.5 Å². The third-order valence-electron chi connectivity index (χ3n) is 4.78. The van der Waals surface area contributed by atoms with Crippen molar-refractivity contribution in [1.82, 2.24) is 0 Å². The Hall–Kier alpha value is -2.79. The normalized spacial score (nSPS) is 10.5. The van der Waals surface area contributed by atoms with Crippen molar-refractivity contribution in [2.24, 2.45) is 0 Å². The summed E-state index contributed by atoms with van der Waals surface area (Å²) in [6, 6.07) is 23.3. The summed E-state index contributed by atoms with van der Waals surface area (Å²) in [4.78, 5) is 12.8. The van der Waals surface area contributed by atoms with Crippen LogP contribution in [0.25, 0.3) is 0 Å². The van der Waals surface area contributed by atoms with Crippen molar-refractivity contribution in [3.8, 4) is 11.5 Å². The van der Waals surface area contributed by atoms with Crippen molar-refractivity contribution in [1.29, 1.82) is 0 Å². The zero-order valence-corrected chi connectivity index (χ0v) is 19.4. The molecular weight excluding hydrogens is 454 g/mol. The molecule has 31 heavy (non-hydrogen) atoms. The number of hydrogen-bond donors (Lipinski definition) is 1. The van der Waals surface area contributed by atoms with E-state index in [9.17, 15) is 4.79 Å². The fraction of sp³-hybridized carbons (Fsp3) is 0.269. The minimum atomic E-state index is -0.204. The molecule has 0 aromatic heterocycles. The zero-order chi connectivity index (χ0) is 21.9. The maximum atomic E-state index is 12.8. The number of benzene rings is 3. The van der Waals surface area contributed by atoms with E-state index in [2.05, 4.69) is 52.4 Å². The Kier molecular flexibility index (Phi) is 8.98. The summed E-state index contributed by atoms with van der Waals surface area (Å²) in [6.45, 7) is 3.35. The highest BCUT2D eigenvalue weighted by Gasteiger charge is 2.14. The first-order chi connectivity index (χ1) is 15.2. The third-order valence-corrected chi connectivity index (χ3v) is 5.27. The number of carbonyl (C=O) groups is 1. The minimum absolute atomic E-state index is 0.204. The standard InChI is InChI=1S/C26H28BrNO3/c1-2-3-17-31-25-16-11-21(27)19-24(25)26(29)28-22-12-14-23(15-13-22)30-18-7-10-20-8-5-4-6-9-20/h4-6,8-9,11-16,19H,2-3,7,10,17-18H2,1H3,(H,28,29). The fourth-order valence-corrected chi connectivity index (χ4v) is 3.44. The molecule has 0 aliphatic heterocycles. The molecule has 0 aliphatic carbocycles. The molecule has 162 valence electrons. The number of amides is 1. The van der Waals surface area contributed by atoms with Gasteiger partial charge < -0.3 is 14.8 Å². The molecule has 0 saturated carbocycles. The molecule has 0 saturated heterocycles. The van der Waals surface area contributed by atoms with E-state index in [4.69, 9.17) is 9.47 Å². The second-order valence-corrected chi connectivity index (χ2v) is 8.17.